The molecule has 0 fully saturated rings. The van der Waals surface area contributed by atoms with Crippen LogP contribution in [-0.2, 0) is 6.42 Å². The highest BCUT2D eigenvalue weighted by molar-refractivity contribution is 5.43. The summed E-state index contributed by atoms with van der Waals surface area (Å²) in [6, 6.07) is 14.9. The van der Waals surface area contributed by atoms with Gasteiger partial charge in [0.15, 0.2) is 0 Å². The molecule has 0 aliphatic heterocycles. The highest BCUT2D eigenvalue weighted by Gasteiger charge is 1.99. The number of ether oxygens (including phenoxy) is 1. The van der Waals surface area contributed by atoms with Gasteiger partial charge in [0.1, 0.15) is 11.5 Å². The Morgan fingerprint density at radius 3 is 2.47 bits per heavy atom. The van der Waals surface area contributed by atoms with Crippen LogP contribution in [0.15, 0.2) is 48.5 Å². The van der Waals surface area contributed by atoms with Crippen molar-refractivity contribution in [2.75, 3.05) is 12.3 Å². The Balaban J connectivity index is 2.12. The minimum Gasteiger partial charge on any atom is -0.457 e. The molecular weight excluding hydrogens is 214 g/mol. The van der Waals surface area contributed by atoms with E-state index >= 15 is 0 Å². The Hall–Kier alpha value is -2.00. The number of benzene rings is 2. The van der Waals surface area contributed by atoms with Crippen molar-refractivity contribution in [2.45, 2.75) is 6.42 Å². The van der Waals surface area contributed by atoms with Crippen molar-refractivity contribution in [3.63, 3.8) is 0 Å². The zero-order valence-electron chi connectivity index (χ0n) is 9.47. The van der Waals surface area contributed by atoms with Crippen LogP contribution in [-0.4, -0.2) is 11.7 Å². The molecule has 0 aliphatic rings. The van der Waals surface area contributed by atoms with Gasteiger partial charge in [0, 0.05) is 12.3 Å². The fourth-order valence-electron chi connectivity index (χ4n) is 1.57. The van der Waals surface area contributed by atoms with Crippen LogP contribution >= 0.6 is 0 Å². The fourth-order valence-corrected chi connectivity index (χ4v) is 1.57. The van der Waals surface area contributed by atoms with Gasteiger partial charge in [0.25, 0.3) is 0 Å². The molecule has 0 unspecified atom stereocenters. The van der Waals surface area contributed by atoms with Crippen molar-refractivity contribution in [2.24, 2.45) is 0 Å². The molecule has 88 valence electrons. The van der Waals surface area contributed by atoms with Gasteiger partial charge in [0.05, 0.1) is 0 Å². The number of anilines is 1. The molecule has 0 saturated carbocycles. The summed E-state index contributed by atoms with van der Waals surface area (Å²) < 4.78 is 5.68. The lowest BCUT2D eigenvalue weighted by Crippen LogP contribution is -1.91. The van der Waals surface area contributed by atoms with E-state index in [1.807, 2.05) is 36.4 Å². The lowest BCUT2D eigenvalue weighted by atomic mass is 10.1. The molecule has 0 bridgehead atoms. The van der Waals surface area contributed by atoms with Crippen LogP contribution in [0, 0.1) is 0 Å². The van der Waals surface area contributed by atoms with E-state index in [9.17, 15) is 0 Å². The molecule has 0 atom stereocenters. The average Bonchev–Trinajstić information content (AvgIpc) is 2.33. The quantitative estimate of drug-likeness (QED) is 0.792. The number of nitrogens with two attached hydrogens (primary N) is 1. The van der Waals surface area contributed by atoms with Crippen LogP contribution in [0.5, 0.6) is 11.5 Å². The molecule has 0 spiro atoms. The van der Waals surface area contributed by atoms with E-state index in [-0.39, 0.29) is 6.61 Å². The maximum Gasteiger partial charge on any atom is 0.127 e. The molecule has 17 heavy (non-hydrogen) atoms. The van der Waals surface area contributed by atoms with Crippen molar-refractivity contribution in [3.8, 4) is 11.5 Å². The van der Waals surface area contributed by atoms with Crippen molar-refractivity contribution in [1.82, 2.24) is 0 Å². The van der Waals surface area contributed by atoms with E-state index in [1.165, 1.54) is 0 Å². The van der Waals surface area contributed by atoms with E-state index < -0.39 is 0 Å². The molecule has 0 radical (unpaired) electrons. The lowest BCUT2D eigenvalue weighted by Gasteiger charge is -2.07. The predicted octanol–water partition coefficient (Wildman–Crippen LogP) is 2.60. The highest BCUT2D eigenvalue weighted by Crippen LogP contribution is 2.23. The topological polar surface area (TPSA) is 55.5 Å². The summed E-state index contributed by atoms with van der Waals surface area (Å²) in [6.07, 6.45) is 0.638. The summed E-state index contributed by atoms with van der Waals surface area (Å²) >= 11 is 0. The SMILES string of the molecule is Nc1ccc(Oc2cccc(CCO)c2)cc1. The van der Waals surface area contributed by atoms with Crippen molar-refractivity contribution in [1.29, 1.82) is 0 Å². The molecule has 0 aliphatic carbocycles. The summed E-state index contributed by atoms with van der Waals surface area (Å²) in [6.45, 7) is 0.144. The standard InChI is InChI=1S/C14H15NO2/c15-12-4-6-13(7-5-12)17-14-3-1-2-11(10-14)8-9-16/h1-7,10,16H,8-9,15H2. The summed E-state index contributed by atoms with van der Waals surface area (Å²) in [4.78, 5) is 0. The second-order valence-electron chi connectivity index (χ2n) is 3.79. The third-order valence-electron chi connectivity index (χ3n) is 2.41. The summed E-state index contributed by atoms with van der Waals surface area (Å²) in [5.74, 6) is 1.51. The maximum atomic E-state index is 8.88. The lowest BCUT2D eigenvalue weighted by molar-refractivity contribution is 0.299. The Labute approximate surface area is 100 Å². The van der Waals surface area contributed by atoms with Crippen molar-refractivity contribution < 1.29 is 9.84 Å². The maximum absolute atomic E-state index is 8.88. The molecule has 3 N–H and O–H groups in total. The van der Waals surface area contributed by atoms with Gasteiger partial charge >= 0.3 is 0 Å². The van der Waals surface area contributed by atoms with E-state index in [4.69, 9.17) is 15.6 Å². The van der Waals surface area contributed by atoms with E-state index in [1.54, 1.807) is 12.1 Å². The van der Waals surface area contributed by atoms with Crippen LogP contribution in [0.25, 0.3) is 0 Å². The monoisotopic (exact) mass is 229 g/mol. The molecule has 2 rings (SSSR count). The largest absolute Gasteiger partial charge is 0.457 e. The number of hydrogen-bond acceptors (Lipinski definition) is 3. The van der Waals surface area contributed by atoms with Crippen molar-refractivity contribution in [3.05, 3.63) is 54.1 Å². The number of aliphatic hydroxyl groups excluding tert-OH is 1. The normalized spacial score (nSPS) is 10.2. The second-order valence-corrected chi connectivity index (χ2v) is 3.79. The van der Waals surface area contributed by atoms with Gasteiger partial charge in [-0.3, -0.25) is 0 Å². The zero-order chi connectivity index (χ0) is 12.1. The summed E-state index contributed by atoms with van der Waals surface area (Å²) in [5, 5.41) is 8.88. The fraction of sp³-hybridized carbons (Fsp3) is 0.143. The predicted molar refractivity (Wildman–Crippen MR) is 68.2 cm³/mol. The minimum atomic E-state index is 0.144. The molecule has 0 aromatic heterocycles. The highest BCUT2D eigenvalue weighted by atomic mass is 16.5. The molecular formula is C14H15NO2. The first-order valence-electron chi connectivity index (χ1n) is 5.51. The third-order valence-corrected chi connectivity index (χ3v) is 2.41. The molecule has 2 aromatic rings. The first-order valence-corrected chi connectivity index (χ1v) is 5.51. The minimum absolute atomic E-state index is 0.144. The molecule has 3 heteroatoms. The Kier molecular flexibility index (Phi) is 3.62. The average molecular weight is 229 g/mol. The molecule has 0 amide bonds. The Bertz CT molecular complexity index is 480. The van der Waals surface area contributed by atoms with Gasteiger partial charge in [-0.05, 0) is 48.4 Å². The van der Waals surface area contributed by atoms with Crippen LogP contribution in [0.3, 0.4) is 0 Å². The number of aliphatic hydroxyl groups is 1. The van der Waals surface area contributed by atoms with Crippen LogP contribution in [0.1, 0.15) is 5.56 Å². The Morgan fingerprint density at radius 2 is 1.76 bits per heavy atom. The molecule has 3 nitrogen and oxygen atoms in total. The van der Waals surface area contributed by atoms with Crippen LogP contribution < -0.4 is 10.5 Å². The number of hydrogen-bond donors (Lipinski definition) is 2. The number of rotatable bonds is 4. The first kappa shape index (κ1) is 11.5. The third kappa shape index (κ3) is 3.23. The van der Waals surface area contributed by atoms with Gasteiger partial charge < -0.3 is 15.6 Å². The molecule has 0 heterocycles. The molecule has 2 aromatic carbocycles. The Morgan fingerprint density at radius 1 is 1.00 bits per heavy atom. The van der Waals surface area contributed by atoms with Gasteiger partial charge in [-0.25, -0.2) is 0 Å². The van der Waals surface area contributed by atoms with Crippen LogP contribution in [0.4, 0.5) is 5.69 Å². The van der Waals surface area contributed by atoms with E-state index in [2.05, 4.69) is 0 Å². The van der Waals surface area contributed by atoms with Gasteiger partial charge in [0.2, 0.25) is 0 Å². The zero-order valence-corrected chi connectivity index (χ0v) is 9.47. The van der Waals surface area contributed by atoms with E-state index in [0.29, 0.717) is 12.1 Å². The van der Waals surface area contributed by atoms with Gasteiger partial charge in [-0.15, -0.1) is 0 Å². The van der Waals surface area contributed by atoms with Crippen LogP contribution in [0.2, 0.25) is 0 Å². The molecule has 0 saturated heterocycles. The first-order chi connectivity index (χ1) is 8.28. The van der Waals surface area contributed by atoms with E-state index in [0.717, 1.165) is 17.1 Å². The van der Waals surface area contributed by atoms with Gasteiger partial charge in [-0.1, -0.05) is 12.1 Å². The second kappa shape index (κ2) is 5.37. The number of nitrogen functional groups attached to an aromatic ring is 1. The van der Waals surface area contributed by atoms with Crippen molar-refractivity contribution >= 4 is 5.69 Å². The summed E-state index contributed by atoms with van der Waals surface area (Å²) in [7, 11) is 0. The van der Waals surface area contributed by atoms with Gasteiger partial charge in [-0.2, -0.15) is 0 Å². The smallest absolute Gasteiger partial charge is 0.127 e. The summed E-state index contributed by atoms with van der Waals surface area (Å²) in [5.41, 5.74) is 7.37.